The smallest absolute Gasteiger partial charge is 0.222 e. The lowest BCUT2D eigenvalue weighted by atomic mass is 9.93. The molecule has 88 valence electrons. The summed E-state index contributed by atoms with van der Waals surface area (Å²) in [4.78, 5) is 8.70. The SMILES string of the molecule is CCNc1nccc(CC2CCNCC2)n1. The number of nitrogens with one attached hydrogen (secondary N) is 2. The number of nitrogens with zero attached hydrogens (tertiary/aromatic N) is 2. The Labute approximate surface area is 96.9 Å². The third kappa shape index (κ3) is 3.17. The maximum absolute atomic E-state index is 4.51. The van der Waals surface area contributed by atoms with Gasteiger partial charge in [-0.2, -0.15) is 0 Å². The number of anilines is 1. The van der Waals surface area contributed by atoms with Gasteiger partial charge in [-0.05, 0) is 51.3 Å². The molecule has 1 aliphatic heterocycles. The first-order valence-electron chi connectivity index (χ1n) is 6.15. The van der Waals surface area contributed by atoms with Crippen molar-refractivity contribution >= 4 is 5.95 Å². The van der Waals surface area contributed by atoms with E-state index in [-0.39, 0.29) is 0 Å². The van der Waals surface area contributed by atoms with Crippen LogP contribution in [-0.2, 0) is 6.42 Å². The molecule has 1 saturated heterocycles. The van der Waals surface area contributed by atoms with Gasteiger partial charge in [-0.1, -0.05) is 0 Å². The van der Waals surface area contributed by atoms with Gasteiger partial charge in [0.1, 0.15) is 0 Å². The van der Waals surface area contributed by atoms with Gasteiger partial charge in [0.25, 0.3) is 0 Å². The van der Waals surface area contributed by atoms with Gasteiger partial charge in [0.2, 0.25) is 5.95 Å². The topological polar surface area (TPSA) is 49.8 Å². The van der Waals surface area contributed by atoms with Crippen LogP contribution in [0.2, 0.25) is 0 Å². The van der Waals surface area contributed by atoms with Crippen LogP contribution in [-0.4, -0.2) is 29.6 Å². The predicted octanol–water partition coefficient (Wildman–Crippen LogP) is 1.45. The average Bonchev–Trinajstić information content (AvgIpc) is 2.31. The monoisotopic (exact) mass is 220 g/mol. The highest BCUT2D eigenvalue weighted by Gasteiger charge is 2.14. The molecule has 0 spiro atoms. The molecule has 0 aromatic carbocycles. The van der Waals surface area contributed by atoms with E-state index in [1.54, 1.807) is 0 Å². The first-order chi connectivity index (χ1) is 7.88. The standard InChI is InChI=1S/C12H20N4/c1-2-14-12-15-8-5-11(16-12)9-10-3-6-13-7-4-10/h5,8,10,13H,2-4,6-7,9H2,1H3,(H,14,15,16). The molecule has 0 aliphatic carbocycles. The molecule has 0 radical (unpaired) electrons. The van der Waals surface area contributed by atoms with Crippen molar-refractivity contribution in [2.45, 2.75) is 26.2 Å². The summed E-state index contributed by atoms with van der Waals surface area (Å²) in [5.74, 6) is 1.54. The molecule has 1 aromatic rings. The van der Waals surface area contributed by atoms with E-state index < -0.39 is 0 Å². The fraction of sp³-hybridized carbons (Fsp3) is 0.667. The lowest BCUT2D eigenvalue weighted by Crippen LogP contribution is -2.28. The summed E-state index contributed by atoms with van der Waals surface area (Å²) >= 11 is 0. The van der Waals surface area contributed by atoms with E-state index in [2.05, 4.69) is 27.5 Å². The summed E-state index contributed by atoms with van der Waals surface area (Å²) in [5.41, 5.74) is 1.16. The van der Waals surface area contributed by atoms with E-state index in [9.17, 15) is 0 Å². The molecule has 16 heavy (non-hydrogen) atoms. The number of rotatable bonds is 4. The maximum Gasteiger partial charge on any atom is 0.222 e. The van der Waals surface area contributed by atoms with E-state index >= 15 is 0 Å². The third-order valence-electron chi connectivity index (χ3n) is 3.00. The summed E-state index contributed by atoms with van der Waals surface area (Å²) in [6.07, 6.45) is 5.46. The van der Waals surface area contributed by atoms with Gasteiger partial charge in [0.15, 0.2) is 0 Å². The molecule has 2 heterocycles. The van der Waals surface area contributed by atoms with Crippen LogP contribution in [0.4, 0.5) is 5.95 Å². The van der Waals surface area contributed by atoms with Crippen LogP contribution < -0.4 is 10.6 Å². The molecule has 2 rings (SSSR count). The first kappa shape index (κ1) is 11.3. The van der Waals surface area contributed by atoms with E-state index in [4.69, 9.17) is 0 Å². The van der Waals surface area contributed by atoms with E-state index in [1.165, 1.54) is 12.8 Å². The summed E-state index contributed by atoms with van der Waals surface area (Å²) in [6.45, 7) is 5.23. The van der Waals surface area contributed by atoms with Crippen molar-refractivity contribution in [1.29, 1.82) is 0 Å². The van der Waals surface area contributed by atoms with Crippen LogP contribution in [0.3, 0.4) is 0 Å². The molecule has 2 N–H and O–H groups in total. The molecule has 0 bridgehead atoms. The molecule has 1 fully saturated rings. The van der Waals surface area contributed by atoms with Crippen LogP contribution >= 0.6 is 0 Å². The van der Waals surface area contributed by atoms with Crippen LogP contribution in [0.15, 0.2) is 12.3 Å². The molecule has 1 aliphatic rings. The molecular weight excluding hydrogens is 200 g/mol. The minimum Gasteiger partial charge on any atom is -0.354 e. The molecular formula is C12H20N4. The average molecular weight is 220 g/mol. The zero-order chi connectivity index (χ0) is 11.2. The minimum atomic E-state index is 0.758. The van der Waals surface area contributed by atoms with E-state index in [0.717, 1.165) is 43.6 Å². The lowest BCUT2D eigenvalue weighted by molar-refractivity contribution is 0.370. The molecule has 0 unspecified atom stereocenters. The Morgan fingerprint density at radius 1 is 1.44 bits per heavy atom. The van der Waals surface area contributed by atoms with Crippen molar-refractivity contribution in [3.63, 3.8) is 0 Å². The molecule has 4 heteroatoms. The normalized spacial score (nSPS) is 17.3. The Balaban J connectivity index is 1.94. The van der Waals surface area contributed by atoms with Crippen LogP contribution in [0.5, 0.6) is 0 Å². The summed E-state index contributed by atoms with van der Waals surface area (Å²) in [5, 5.41) is 6.54. The fourth-order valence-electron chi connectivity index (χ4n) is 2.13. The second-order valence-electron chi connectivity index (χ2n) is 4.30. The number of hydrogen-bond acceptors (Lipinski definition) is 4. The zero-order valence-electron chi connectivity index (χ0n) is 9.87. The third-order valence-corrected chi connectivity index (χ3v) is 3.00. The summed E-state index contributed by atoms with van der Waals surface area (Å²) < 4.78 is 0. The summed E-state index contributed by atoms with van der Waals surface area (Å²) in [6, 6.07) is 2.03. The van der Waals surface area contributed by atoms with Crippen molar-refractivity contribution in [3.05, 3.63) is 18.0 Å². The van der Waals surface area contributed by atoms with Crippen molar-refractivity contribution in [2.24, 2.45) is 5.92 Å². The minimum absolute atomic E-state index is 0.758. The van der Waals surface area contributed by atoms with Gasteiger partial charge in [0.05, 0.1) is 0 Å². The highest BCUT2D eigenvalue weighted by atomic mass is 15.1. The van der Waals surface area contributed by atoms with Crippen molar-refractivity contribution in [2.75, 3.05) is 25.0 Å². The van der Waals surface area contributed by atoms with Gasteiger partial charge in [-0.25, -0.2) is 9.97 Å². The van der Waals surface area contributed by atoms with Crippen LogP contribution in [0.25, 0.3) is 0 Å². The van der Waals surface area contributed by atoms with Crippen molar-refractivity contribution in [3.8, 4) is 0 Å². The van der Waals surface area contributed by atoms with E-state index in [1.807, 2.05) is 12.3 Å². The molecule has 0 atom stereocenters. The molecule has 4 nitrogen and oxygen atoms in total. The van der Waals surface area contributed by atoms with Gasteiger partial charge in [-0.15, -0.1) is 0 Å². The highest BCUT2D eigenvalue weighted by molar-refractivity contribution is 5.24. The highest BCUT2D eigenvalue weighted by Crippen LogP contribution is 2.17. The van der Waals surface area contributed by atoms with Crippen molar-refractivity contribution in [1.82, 2.24) is 15.3 Å². The van der Waals surface area contributed by atoms with Crippen LogP contribution in [0, 0.1) is 5.92 Å². The Kier molecular flexibility index (Phi) is 4.10. The largest absolute Gasteiger partial charge is 0.354 e. The summed E-state index contributed by atoms with van der Waals surface area (Å²) in [7, 11) is 0. The van der Waals surface area contributed by atoms with Crippen molar-refractivity contribution < 1.29 is 0 Å². The molecule has 1 aromatic heterocycles. The number of piperidine rings is 1. The second kappa shape index (κ2) is 5.80. The molecule has 0 amide bonds. The van der Waals surface area contributed by atoms with Crippen LogP contribution in [0.1, 0.15) is 25.5 Å². The Bertz CT molecular complexity index is 321. The maximum atomic E-state index is 4.51. The van der Waals surface area contributed by atoms with Gasteiger partial charge in [-0.3, -0.25) is 0 Å². The second-order valence-corrected chi connectivity index (χ2v) is 4.30. The molecule has 0 saturated carbocycles. The Morgan fingerprint density at radius 2 is 2.25 bits per heavy atom. The Morgan fingerprint density at radius 3 is 3.00 bits per heavy atom. The van der Waals surface area contributed by atoms with Gasteiger partial charge >= 0.3 is 0 Å². The quantitative estimate of drug-likeness (QED) is 0.806. The predicted molar refractivity (Wildman–Crippen MR) is 65.5 cm³/mol. The number of aromatic nitrogens is 2. The first-order valence-corrected chi connectivity index (χ1v) is 6.15. The van der Waals surface area contributed by atoms with E-state index in [0.29, 0.717) is 0 Å². The lowest BCUT2D eigenvalue weighted by Gasteiger charge is -2.22. The van der Waals surface area contributed by atoms with Gasteiger partial charge < -0.3 is 10.6 Å². The number of hydrogen-bond donors (Lipinski definition) is 2. The zero-order valence-corrected chi connectivity index (χ0v) is 9.87. The Hall–Kier alpha value is -1.16. The van der Waals surface area contributed by atoms with Gasteiger partial charge in [0, 0.05) is 18.4 Å². The fourth-order valence-corrected chi connectivity index (χ4v) is 2.13.